The van der Waals surface area contributed by atoms with E-state index in [9.17, 15) is 26.4 Å². The Morgan fingerprint density at radius 3 is 2.65 bits per heavy atom. The predicted molar refractivity (Wildman–Crippen MR) is 135 cm³/mol. The standard InChI is InChI=1S/C23H24N4O7S3/c1-36(30,31)24-9-13-11-35-22-20(13)37(32,33)26-21(25-22)17-19(28)16-14-7-8-15(34-14)18(16)27(23(17)29)10-12-5-3-2-4-6-12/h2-6,11,14-18,24H,7-10H2,1H3,(H,25,26). The summed E-state index contributed by atoms with van der Waals surface area (Å²) in [5.74, 6) is -3.09. The average Bonchev–Trinajstić information content (AvgIpc) is 3.55. The third-order valence-corrected chi connectivity index (χ3v) is 10.4. The van der Waals surface area contributed by atoms with Crippen molar-refractivity contribution in [1.29, 1.82) is 0 Å². The molecule has 1 aromatic heterocycles. The summed E-state index contributed by atoms with van der Waals surface area (Å²) < 4.78 is 61.6. The molecule has 2 aromatic rings. The summed E-state index contributed by atoms with van der Waals surface area (Å²) in [7, 11) is -7.86. The van der Waals surface area contributed by atoms with Crippen LogP contribution in [0.3, 0.4) is 0 Å². The van der Waals surface area contributed by atoms with Crippen molar-refractivity contribution in [2.24, 2.45) is 16.2 Å². The van der Waals surface area contributed by atoms with Gasteiger partial charge >= 0.3 is 0 Å². The Kier molecular flexibility index (Phi) is 5.80. The largest absolute Gasteiger partial charge is 0.372 e. The Balaban J connectivity index is 1.36. The highest BCUT2D eigenvalue weighted by molar-refractivity contribution is 7.91. The Morgan fingerprint density at radius 2 is 1.92 bits per heavy atom. The number of amides is 1. The number of benzene rings is 1. The van der Waals surface area contributed by atoms with E-state index in [0.717, 1.165) is 29.6 Å². The molecule has 2 N–H and O–H groups in total. The van der Waals surface area contributed by atoms with Gasteiger partial charge in [0.05, 0.1) is 30.4 Å². The van der Waals surface area contributed by atoms with Crippen molar-refractivity contribution in [3.63, 3.8) is 0 Å². The maximum atomic E-state index is 13.9. The number of nitrogens with zero attached hydrogens (tertiary/aromatic N) is 2. The van der Waals surface area contributed by atoms with Crippen molar-refractivity contribution < 1.29 is 31.2 Å². The molecule has 3 fully saturated rings. The molecule has 14 heteroatoms. The van der Waals surface area contributed by atoms with Crippen LogP contribution < -0.4 is 10.0 Å². The number of sulfonamides is 2. The molecule has 4 aliphatic rings. The number of likely N-dealkylation sites (tertiary alicyclic amines) is 1. The van der Waals surface area contributed by atoms with Crippen LogP contribution in [0, 0.1) is 11.8 Å². The topological polar surface area (TPSA) is 151 Å². The van der Waals surface area contributed by atoms with E-state index in [1.807, 2.05) is 30.3 Å². The van der Waals surface area contributed by atoms with Gasteiger partial charge in [0, 0.05) is 18.7 Å². The highest BCUT2D eigenvalue weighted by atomic mass is 32.2. The lowest BCUT2D eigenvalue weighted by Crippen LogP contribution is -2.62. The number of hydrogen-bond acceptors (Lipinski definition) is 9. The lowest BCUT2D eigenvalue weighted by molar-refractivity contribution is -0.151. The minimum atomic E-state index is -4.30. The van der Waals surface area contributed by atoms with Gasteiger partial charge in [-0.3, -0.25) is 9.59 Å². The number of rotatable bonds is 6. The van der Waals surface area contributed by atoms with Crippen LogP contribution in [0.15, 0.2) is 45.0 Å². The number of carbonyl (C=O) groups is 2. The fourth-order valence-corrected chi connectivity index (χ4v) is 8.83. The summed E-state index contributed by atoms with van der Waals surface area (Å²) in [5, 5.41) is 4.62. The van der Waals surface area contributed by atoms with Crippen molar-refractivity contribution in [2.45, 2.75) is 49.1 Å². The first-order valence-electron chi connectivity index (χ1n) is 11.7. The summed E-state index contributed by atoms with van der Waals surface area (Å²) in [6.45, 7) is 0.0372. The van der Waals surface area contributed by atoms with Gasteiger partial charge in [-0.2, -0.15) is 8.42 Å². The molecule has 37 heavy (non-hydrogen) atoms. The van der Waals surface area contributed by atoms with Gasteiger partial charge in [0.25, 0.3) is 10.0 Å². The summed E-state index contributed by atoms with van der Waals surface area (Å²) in [6, 6.07) is 9.01. The van der Waals surface area contributed by atoms with E-state index in [1.54, 1.807) is 4.90 Å². The third-order valence-electron chi connectivity index (χ3n) is 7.27. The van der Waals surface area contributed by atoms with Crippen LogP contribution in [-0.4, -0.2) is 63.8 Å². The minimum absolute atomic E-state index is 0.157. The number of amidine groups is 1. The number of ketones is 1. The van der Waals surface area contributed by atoms with E-state index < -0.39 is 43.8 Å². The van der Waals surface area contributed by atoms with E-state index >= 15 is 0 Å². The smallest absolute Gasteiger partial charge is 0.287 e. The monoisotopic (exact) mass is 564 g/mol. The summed E-state index contributed by atoms with van der Waals surface area (Å²) in [5.41, 5.74) is 1.12. The first-order chi connectivity index (χ1) is 17.5. The summed E-state index contributed by atoms with van der Waals surface area (Å²) in [4.78, 5) is 29.1. The number of fused-ring (bicyclic) bond motifs is 6. The minimum Gasteiger partial charge on any atom is -0.372 e. The first-order valence-corrected chi connectivity index (χ1v) is 15.9. The second-order valence-electron chi connectivity index (χ2n) is 9.68. The molecule has 5 heterocycles. The van der Waals surface area contributed by atoms with E-state index in [-0.39, 0.29) is 52.4 Å². The van der Waals surface area contributed by atoms with Crippen molar-refractivity contribution in [3.05, 3.63) is 46.8 Å². The molecule has 0 aliphatic carbocycles. The van der Waals surface area contributed by atoms with Gasteiger partial charge in [0.1, 0.15) is 15.7 Å². The number of ether oxygens (including phenoxy) is 1. The Labute approximate surface area is 218 Å². The fourth-order valence-electron chi connectivity index (χ4n) is 5.77. The van der Waals surface area contributed by atoms with Gasteiger partial charge in [0.15, 0.2) is 11.7 Å². The Bertz CT molecular complexity index is 1530. The molecule has 1 aromatic carbocycles. The van der Waals surface area contributed by atoms with Gasteiger partial charge in [-0.25, -0.2) is 13.1 Å². The van der Waals surface area contributed by atoms with Crippen molar-refractivity contribution in [1.82, 2.24) is 9.62 Å². The van der Waals surface area contributed by atoms with Gasteiger partial charge in [0.2, 0.25) is 15.9 Å². The summed E-state index contributed by atoms with van der Waals surface area (Å²) >= 11 is 1.04. The Hall–Kier alpha value is -2.65. The van der Waals surface area contributed by atoms with Gasteiger partial charge in [-0.05, 0) is 23.8 Å². The first kappa shape index (κ1) is 24.7. The zero-order valence-electron chi connectivity index (χ0n) is 19.7. The number of anilines is 1. The highest BCUT2D eigenvalue weighted by Crippen LogP contribution is 2.47. The molecule has 4 aliphatic heterocycles. The molecule has 1 amide bonds. The number of nitrogens with one attached hydrogen (secondary N) is 2. The second kappa shape index (κ2) is 8.70. The number of carbonyl (C=O) groups excluding carboxylic acids is 2. The van der Waals surface area contributed by atoms with Crippen LogP contribution >= 0.6 is 11.3 Å². The molecular formula is C23H24N4O7S3. The number of hydrogen-bond donors (Lipinski definition) is 2. The van der Waals surface area contributed by atoms with Crippen molar-refractivity contribution in [3.8, 4) is 0 Å². The maximum Gasteiger partial charge on any atom is 0.287 e. The Morgan fingerprint density at radius 1 is 1.19 bits per heavy atom. The second-order valence-corrected chi connectivity index (χ2v) is 13.9. The average molecular weight is 565 g/mol. The quantitative estimate of drug-likeness (QED) is 0.495. The highest BCUT2D eigenvalue weighted by Gasteiger charge is 2.62. The molecule has 5 atom stereocenters. The van der Waals surface area contributed by atoms with E-state index in [1.165, 1.54) is 5.38 Å². The molecule has 5 unspecified atom stereocenters. The lowest BCUT2D eigenvalue weighted by Gasteiger charge is -2.44. The van der Waals surface area contributed by atoms with Crippen LogP contribution in [-0.2, 0) is 47.5 Å². The molecule has 3 saturated heterocycles. The van der Waals surface area contributed by atoms with Crippen LogP contribution in [0.4, 0.5) is 5.00 Å². The van der Waals surface area contributed by atoms with E-state index in [4.69, 9.17) is 4.74 Å². The normalized spacial score (nSPS) is 30.0. The molecular weight excluding hydrogens is 540 g/mol. The predicted octanol–water partition coefficient (Wildman–Crippen LogP) is 1.08. The van der Waals surface area contributed by atoms with Crippen molar-refractivity contribution in [2.75, 3.05) is 11.6 Å². The zero-order valence-corrected chi connectivity index (χ0v) is 22.1. The zero-order chi connectivity index (χ0) is 26.1. The third kappa shape index (κ3) is 4.20. The van der Waals surface area contributed by atoms with Crippen molar-refractivity contribution >= 4 is 53.9 Å². The van der Waals surface area contributed by atoms with E-state index in [0.29, 0.717) is 6.42 Å². The fraction of sp³-hybridized carbons (Fsp3) is 0.435. The molecule has 11 nitrogen and oxygen atoms in total. The SMILES string of the molecule is CS(=O)(=O)NCc1csc2c1S(=O)(=O)N=C(C1C(=O)C3C4CCC(O4)C3N(Cc3ccccc3)C1=O)N2. The molecule has 2 bridgehead atoms. The van der Waals surface area contributed by atoms with E-state index in [2.05, 4.69) is 14.4 Å². The maximum absolute atomic E-state index is 13.9. The van der Waals surface area contributed by atoms with Crippen LogP contribution in [0.25, 0.3) is 0 Å². The lowest BCUT2D eigenvalue weighted by atomic mass is 9.73. The van der Waals surface area contributed by atoms with Gasteiger partial charge in [-0.1, -0.05) is 30.3 Å². The molecule has 196 valence electrons. The number of Topliss-reactive ketones (excluding diaryl/α,β-unsaturated/α-hetero) is 1. The molecule has 0 spiro atoms. The van der Waals surface area contributed by atoms with Gasteiger partial charge in [-0.15, -0.1) is 15.7 Å². The van der Waals surface area contributed by atoms with Gasteiger partial charge < -0.3 is 15.0 Å². The number of piperidine rings is 1. The van der Waals surface area contributed by atoms with Crippen LogP contribution in [0.1, 0.15) is 24.0 Å². The summed E-state index contributed by atoms with van der Waals surface area (Å²) in [6.07, 6.45) is 1.90. The molecule has 0 saturated carbocycles. The number of thiophene rings is 1. The molecule has 0 radical (unpaired) electrons. The molecule has 6 rings (SSSR count). The van der Waals surface area contributed by atoms with Crippen LogP contribution in [0.2, 0.25) is 0 Å². The van der Waals surface area contributed by atoms with Crippen LogP contribution in [0.5, 0.6) is 0 Å².